The standard InChI is InChI=1S/C11H16N4O2/c1-15(8-9-4-2-3-5-13-9)11(17)7-14-10(16)6-12/h2-5H,6-8,12H2,1H3,(H,14,16). The zero-order valence-electron chi connectivity index (χ0n) is 9.72. The van der Waals surface area contributed by atoms with Gasteiger partial charge < -0.3 is 16.0 Å². The summed E-state index contributed by atoms with van der Waals surface area (Å²) >= 11 is 0. The monoisotopic (exact) mass is 236 g/mol. The molecule has 0 aliphatic carbocycles. The number of carbonyl (C=O) groups excluding carboxylic acids is 2. The Morgan fingerprint density at radius 2 is 2.24 bits per heavy atom. The number of nitrogens with zero attached hydrogens (tertiary/aromatic N) is 2. The molecule has 0 spiro atoms. The minimum atomic E-state index is -0.343. The molecule has 1 aromatic heterocycles. The van der Waals surface area contributed by atoms with E-state index in [1.165, 1.54) is 4.90 Å². The van der Waals surface area contributed by atoms with Gasteiger partial charge in [0.05, 0.1) is 25.3 Å². The highest BCUT2D eigenvalue weighted by molar-refractivity contribution is 5.85. The molecule has 0 saturated carbocycles. The molecule has 17 heavy (non-hydrogen) atoms. The van der Waals surface area contributed by atoms with Crippen LogP contribution < -0.4 is 11.1 Å². The molecule has 0 aromatic carbocycles. The van der Waals surface area contributed by atoms with Crippen molar-refractivity contribution < 1.29 is 9.59 Å². The van der Waals surface area contributed by atoms with E-state index in [2.05, 4.69) is 10.3 Å². The Bertz CT molecular complexity index is 380. The molecule has 0 radical (unpaired) electrons. The van der Waals surface area contributed by atoms with Crippen LogP contribution in [0.25, 0.3) is 0 Å². The van der Waals surface area contributed by atoms with Gasteiger partial charge in [-0.25, -0.2) is 0 Å². The van der Waals surface area contributed by atoms with Gasteiger partial charge in [0.25, 0.3) is 0 Å². The second kappa shape index (κ2) is 6.59. The number of carbonyl (C=O) groups is 2. The van der Waals surface area contributed by atoms with Crippen molar-refractivity contribution in [3.63, 3.8) is 0 Å². The van der Waals surface area contributed by atoms with E-state index in [1.54, 1.807) is 13.2 Å². The summed E-state index contributed by atoms with van der Waals surface area (Å²) in [6.45, 7) is 0.259. The third kappa shape index (κ3) is 4.60. The van der Waals surface area contributed by atoms with E-state index in [4.69, 9.17) is 5.73 Å². The highest BCUT2D eigenvalue weighted by atomic mass is 16.2. The Kier molecular flexibility index (Phi) is 5.09. The quantitative estimate of drug-likeness (QED) is 0.694. The van der Waals surface area contributed by atoms with Crippen LogP contribution in [0.15, 0.2) is 24.4 Å². The molecule has 6 nitrogen and oxygen atoms in total. The van der Waals surface area contributed by atoms with Crippen LogP contribution >= 0.6 is 0 Å². The van der Waals surface area contributed by atoms with Crippen LogP contribution in [0.3, 0.4) is 0 Å². The van der Waals surface area contributed by atoms with Gasteiger partial charge >= 0.3 is 0 Å². The summed E-state index contributed by atoms with van der Waals surface area (Å²) in [5, 5.41) is 2.42. The molecule has 92 valence electrons. The molecule has 0 saturated heterocycles. The summed E-state index contributed by atoms with van der Waals surface area (Å²) in [4.78, 5) is 28.1. The van der Waals surface area contributed by atoms with Gasteiger partial charge in [-0.3, -0.25) is 14.6 Å². The maximum absolute atomic E-state index is 11.6. The Hall–Kier alpha value is -1.95. The molecule has 3 N–H and O–H groups in total. The highest BCUT2D eigenvalue weighted by Crippen LogP contribution is 1.98. The fraction of sp³-hybridized carbons (Fsp3) is 0.364. The van der Waals surface area contributed by atoms with Gasteiger partial charge in [0.1, 0.15) is 0 Å². The van der Waals surface area contributed by atoms with Gasteiger partial charge in [-0.2, -0.15) is 0 Å². The molecule has 0 atom stereocenters. The van der Waals surface area contributed by atoms with Crippen molar-refractivity contribution in [1.29, 1.82) is 0 Å². The molecule has 0 bridgehead atoms. The first-order valence-electron chi connectivity index (χ1n) is 5.24. The number of hydrogen-bond donors (Lipinski definition) is 2. The number of rotatable bonds is 5. The van der Waals surface area contributed by atoms with Gasteiger partial charge in [0, 0.05) is 13.2 Å². The molecule has 0 fully saturated rings. The lowest BCUT2D eigenvalue weighted by molar-refractivity contribution is -0.132. The predicted molar refractivity (Wildman–Crippen MR) is 62.8 cm³/mol. The van der Waals surface area contributed by atoms with E-state index in [0.717, 1.165) is 5.69 Å². The van der Waals surface area contributed by atoms with Crippen molar-refractivity contribution in [2.24, 2.45) is 5.73 Å². The summed E-state index contributed by atoms with van der Waals surface area (Å²) in [5.74, 6) is -0.526. The largest absolute Gasteiger partial charge is 0.346 e. The molecule has 2 amide bonds. The lowest BCUT2D eigenvalue weighted by atomic mass is 10.3. The third-order valence-electron chi connectivity index (χ3n) is 2.17. The minimum absolute atomic E-state index is 0.0423. The summed E-state index contributed by atoms with van der Waals surface area (Å²) in [5.41, 5.74) is 5.91. The molecule has 0 aliphatic heterocycles. The van der Waals surface area contributed by atoms with E-state index in [-0.39, 0.29) is 24.9 Å². The summed E-state index contributed by atoms with van der Waals surface area (Å²) < 4.78 is 0. The van der Waals surface area contributed by atoms with Crippen LogP contribution in [-0.4, -0.2) is 41.8 Å². The Morgan fingerprint density at radius 3 is 2.82 bits per heavy atom. The van der Waals surface area contributed by atoms with Crippen molar-refractivity contribution >= 4 is 11.8 Å². The van der Waals surface area contributed by atoms with Crippen LogP contribution in [0.4, 0.5) is 0 Å². The van der Waals surface area contributed by atoms with Crippen LogP contribution in [0, 0.1) is 0 Å². The first-order valence-corrected chi connectivity index (χ1v) is 5.24. The van der Waals surface area contributed by atoms with Crippen LogP contribution in [0.2, 0.25) is 0 Å². The number of likely N-dealkylation sites (N-methyl/N-ethyl adjacent to an activating group) is 1. The van der Waals surface area contributed by atoms with Gasteiger partial charge in [-0.15, -0.1) is 0 Å². The maximum Gasteiger partial charge on any atom is 0.242 e. The van der Waals surface area contributed by atoms with E-state index in [0.29, 0.717) is 6.54 Å². The average Bonchev–Trinajstić information content (AvgIpc) is 2.36. The lowest BCUT2D eigenvalue weighted by Gasteiger charge is -2.16. The molecular weight excluding hydrogens is 220 g/mol. The maximum atomic E-state index is 11.6. The van der Waals surface area contributed by atoms with Crippen molar-refractivity contribution in [3.05, 3.63) is 30.1 Å². The number of nitrogens with two attached hydrogens (primary N) is 1. The third-order valence-corrected chi connectivity index (χ3v) is 2.17. The number of aromatic nitrogens is 1. The minimum Gasteiger partial charge on any atom is -0.346 e. The van der Waals surface area contributed by atoms with E-state index in [1.807, 2.05) is 18.2 Å². The average molecular weight is 236 g/mol. The fourth-order valence-electron chi connectivity index (χ4n) is 1.20. The molecular formula is C11H16N4O2. The Morgan fingerprint density at radius 1 is 1.47 bits per heavy atom. The van der Waals surface area contributed by atoms with E-state index >= 15 is 0 Å². The summed E-state index contributed by atoms with van der Waals surface area (Å²) in [7, 11) is 1.66. The Balaban J connectivity index is 2.40. The molecule has 0 aliphatic rings. The van der Waals surface area contributed by atoms with Crippen molar-refractivity contribution in [2.75, 3.05) is 20.1 Å². The zero-order valence-corrected chi connectivity index (χ0v) is 9.72. The van der Waals surface area contributed by atoms with Crippen molar-refractivity contribution in [1.82, 2.24) is 15.2 Å². The molecule has 1 heterocycles. The summed E-state index contributed by atoms with van der Waals surface area (Å²) in [6, 6.07) is 5.51. The van der Waals surface area contributed by atoms with Crippen molar-refractivity contribution in [3.8, 4) is 0 Å². The summed E-state index contributed by atoms with van der Waals surface area (Å²) in [6.07, 6.45) is 1.67. The van der Waals surface area contributed by atoms with Gasteiger partial charge in [0.15, 0.2) is 0 Å². The smallest absolute Gasteiger partial charge is 0.242 e. The first kappa shape index (κ1) is 13.1. The zero-order chi connectivity index (χ0) is 12.7. The van der Waals surface area contributed by atoms with Gasteiger partial charge in [-0.1, -0.05) is 6.07 Å². The molecule has 1 rings (SSSR count). The van der Waals surface area contributed by atoms with Gasteiger partial charge in [0.2, 0.25) is 11.8 Å². The Labute approximate surface area is 99.8 Å². The number of amides is 2. The highest BCUT2D eigenvalue weighted by Gasteiger charge is 2.10. The predicted octanol–water partition coefficient (Wildman–Crippen LogP) is -0.885. The topological polar surface area (TPSA) is 88.3 Å². The van der Waals surface area contributed by atoms with E-state index < -0.39 is 0 Å². The normalized spacial score (nSPS) is 9.76. The second-order valence-corrected chi connectivity index (χ2v) is 3.55. The number of nitrogens with one attached hydrogen (secondary N) is 1. The lowest BCUT2D eigenvalue weighted by Crippen LogP contribution is -2.40. The molecule has 1 aromatic rings. The van der Waals surface area contributed by atoms with Gasteiger partial charge in [-0.05, 0) is 12.1 Å². The van der Waals surface area contributed by atoms with Crippen LogP contribution in [0.5, 0.6) is 0 Å². The molecule has 6 heteroatoms. The fourth-order valence-corrected chi connectivity index (χ4v) is 1.20. The first-order chi connectivity index (χ1) is 8.13. The number of hydrogen-bond acceptors (Lipinski definition) is 4. The SMILES string of the molecule is CN(Cc1ccccn1)C(=O)CNC(=O)CN. The van der Waals surface area contributed by atoms with Crippen LogP contribution in [-0.2, 0) is 16.1 Å². The van der Waals surface area contributed by atoms with Crippen LogP contribution in [0.1, 0.15) is 5.69 Å². The molecule has 0 unspecified atom stereocenters. The van der Waals surface area contributed by atoms with E-state index in [9.17, 15) is 9.59 Å². The van der Waals surface area contributed by atoms with Crippen molar-refractivity contribution in [2.45, 2.75) is 6.54 Å². The second-order valence-electron chi connectivity index (χ2n) is 3.55. The number of pyridine rings is 1.